The van der Waals surface area contributed by atoms with E-state index in [4.69, 9.17) is 18.9 Å². The number of nitrogens with zero attached hydrogens (tertiary/aromatic N) is 2. The van der Waals surface area contributed by atoms with E-state index in [9.17, 15) is 19.5 Å². The first-order chi connectivity index (χ1) is 19.7. The number of rotatable bonds is 11. The van der Waals surface area contributed by atoms with Gasteiger partial charge in [-0.2, -0.15) is 0 Å². The first kappa shape index (κ1) is 29.6. The SMILES string of the molecule is CCCOc1cccc(/C(O)=C2\C(=O)C(=O)N(c3nc(C)c(C(=O)OCC)s3)C2c2ccc(OCC)c(OC)c2)c1. The van der Waals surface area contributed by atoms with Crippen molar-refractivity contribution in [1.29, 1.82) is 0 Å². The molecule has 0 aliphatic carbocycles. The molecular formula is C30H32N2O8S. The third-order valence-electron chi connectivity index (χ3n) is 6.28. The molecular weight excluding hydrogens is 548 g/mol. The van der Waals surface area contributed by atoms with Crippen molar-refractivity contribution in [2.45, 2.75) is 40.2 Å². The molecule has 3 aromatic rings. The van der Waals surface area contributed by atoms with Crippen LogP contribution in [0.15, 0.2) is 48.0 Å². The molecule has 1 saturated heterocycles. The van der Waals surface area contributed by atoms with Crippen LogP contribution in [0.2, 0.25) is 0 Å². The number of benzene rings is 2. The fraction of sp³-hybridized carbons (Fsp3) is 0.333. The summed E-state index contributed by atoms with van der Waals surface area (Å²) in [6, 6.07) is 10.6. The van der Waals surface area contributed by atoms with Crippen LogP contribution in [0, 0.1) is 6.92 Å². The molecule has 4 rings (SSSR count). The van der Waals surface area contributed by atoms with E-state index >= 15 is 0 Å². The number of methoxy groups -OCH3 is 1. The van der Waals surface area contributed by atoms with Crippen LogP contribution in [0.1, 0.15) is 59.7 Å². The molecule has 0 spiro atoms. The molecule has 1 aliphatic heterocycles. The topological polar surface area (TPSA) is 124 Å². The van der Waals surface area contributed by atoms with Gasteiger partial charge in [-0.1, -0.05) is 36.5 Å². The summed E-state index contributed by atoms with van der Waals surface area (Å²) >= 11 is 0.938. The van der Waals surface area contributed by atoms with Gasteiger partial charge in [0.15, 0.2) is 16.6 Å². The van der Waals surface area contributed by atoms with Gasteiger partial charge < -0.3 is 24.1 Å². The Labute approximate surface area is 242 Å². The third-order valence-corrected chi connectivity index (χ3v) is 7.42. The highest BCUT2D eigenvalue weighted by atomic mass is 32.1. The second kappa shape index (κ2) is 12.9. The van der Waals surface area contributed by atoms with Crippen molar-refractivity contribution < 1.29 is 38.4 Å². The Hall–Kier alpha value is -4.38. The van der Waals surface area contributed by atoms with E-state index in [0.29, 0.717) is 47.3 Å². The molecule has 2 aromatic carbocycles. The maximum atomic E-state index is 13.6. The monoisotopic (exact) mass is 580 g/mol. The molecule has 216 valence electrons. The normalized spacial score (nSPS) is 16.1. The Balaban J connectivity index is 1.92. The summed E-state index contributed by atoms with van der Waals surface area (Å²) in [6.07, 6.45) is 0.794. The second-order valence-electron chi connectivity index (χ2n) is 9.02. The molecule has 10 nitrogen and oxygen atoms in total. The van der Waals surface area contributed by atoms with Crippen molar-refractivity contribution in [3.8, 4) is 17.2 Å². The lowest BCUT2D eigenvalue weighted by molar-refractivity contribution is -0.132. The molecule has 1 N–H and O–H groups in total. The average Bonchev–Trinajstić information content (AvgIpc) is 3.48. The minimum absolute atomic E-state index is 0.115. The summed E-state index contributed by atoms with van der Waals surface area (Å²) in [5, 5.41) is 11.6. The highest BCUT2D eigenvalue weighted by Crippen LogP contribution is 2.45. The maximum absolute atomic E-state index is 13.6. The van der Waals surface area contributed by atoms with Crippen molar-refractivity contribution >= 4 is 39.9 Å². The summed E-state index contributed by atoms with van der Waals surface area (Å²) in [7, 11) is 1.48. The zero-order chi connectivity index (χ0) is 29.7. The predicted molar refractivity (Wildman–Crippen MR) is 154 cm³/mol. The number of aliphatic hydroxyl groups is 1. The molecule has 11 heteroatoms. The van der Waals surface area contributed by atoms with Gasteiger partial charge in [0.05, 0.1) is 44.2 Å². The van der Waals surface area contributed by atoms with Gasteiger partial charge in [0.2, 0.25) is 0 Å². The lowest BCUT2D eigenvalue weighted by Crippen LogP contribution is -2.29. The lowest BCUT2D eigenvalue weighted by atomic mass is 9.95. The van der Waals surface area contributed by atoms with Crippen molar-refractivity contribution in [3.63, 3.8) is 0 Å². The molecule has 1 aliphatic rings. The first-order valence-corrected chi connectivity index (χ1v) is 14.1. The quantitative estimate of drug-likeness (QED) is 0.136. The van der Waals surface area contributed by atoms with Gasteiger partial charge in [0, 0.05) is 5.56 Å². The van der Waals surface area contributed by atoms with Crippen LogP contribution in [0.4, 0.5) is 5.13 Å². The molecule has 2 heterocycles. The van der Waals surface area contributed by atoms with Crippen molar-refractivity contribution in [3.05, 3.63) is 69.7 Å². The zero-order valence-corrected chi connectivity index (χ0v) is 24.4. The number of aromatic nitrogens is 1. The van der Waals surface area contributed by atoms with Gasteiger partial charge in [-0.05, 0) is 57.0 Å². The Morgan fingerprint density at radius 3 is 2.51 bits per heavy atom. The van der Waals surface area contributed by atoms with Gasteiger partial charge in [0.1, 0.15) is 16.4 Å². The third kappa shape index (κ3) is 5.90. The number of ketones is 1. The molecule has 1 fully saturated rings. The van der Waals surface area contributed by atoms with Crippen LogP contribution in [0.3, 0.4) is 0 Å². The number of aryl methyl sites for hydroxylation is 1. The molecule has 41 heavy (non-hydrogen) atoms. The Kier molecular flexibility index (Phi) is 9.28. The Morgan fingerprint density at radius 2 is 1.83 bits per heavy atom. The van der Waals surface area contributed by atoms with E-state index in [1.54, 1.807) is 56.3 Å². The summed E-state index contributed by atoms with van der Waals surface area (Å²) in [5.41, 5.74) is 0.991. The minimum Gasteiger partial charge on any atom is -0.507 e. The van der Waals surface area contributed by atoms with Crippen LogP contribution >= 0.6 is 11.3 Å². The molecule has 0 bridgehead atoms. The lowest BCUT2D eigenvalue weighted by Gasteiger charge is -2.24. The van der Waals surface area contributed by atoms with Gasteiger partial charge in [-0.15, -0.1) is 0 Å². The van der Waals surface area contributed by atoms with E-state index in [1.807, 2.05) is 13.8 Å². The molecule has 1 atom stereocenters. The molecule has 1 amide bonds. The van der Waals surface area contributed by atoms with Crippen LogP contribution in [0.25, 0.3) is 5.76 Å². The fourth-order valence-corrected chi connectivity index (χ4v) is 5.44. The van der Waals surface area contributed by atoms with Crippen LogP contribution < -0.4 is 19.1 Å². The number of anilines is 1. The number of Topliss-reactive ketones (excluding diaryl/α,β-unsaturated/α-hetero) is 1. The van der Waals surface area contributed by atoms with Crippen LogP contribution in [-0.4, -0.2) is 54.7 Å². The van der Waals surface area contributed by atoms with Gasteiger partial charge >= 0.3 is 11.9 Å². The number of aliphatic hydroxyl groups excluding tert-OH is 1. The molecule has 0 saturated carbocycles. The number of thiazole rings is 1. The van der Waals surface area contributed by atoms with Crippen LogP contribution in [0.5, 0.6) is 17.2 Å². The minimum atomic E-state index is -1.08. The fourth-order valence-electron chi connectivity index (χ4n) is 4.45. The number of hydrogen-bond acceptors (Lipinski definition) is 10. The van der Waals surface area contributed by atoms with Gasteiger partial charge in [0.25, 0.3) is 5.78 Å². The Morgan fingerprint density at radius 1 is 1.05 bits per heavy atom. The number of esters is 1. The summed E-state index contributed by atoms with van der Waals surface area (Å²) in [5.74, 6) is -1.37. The Bertz CT molecular complexity index is 1500. The smallest absolute Gasteiger partial charge is 0.350 e. The van der Waals surface area contributed by atoms with E-state index in [0.717, 1.165) is 17.8 Å². The van der Waals surface area contributed by atoms with E-state index in [-0.39, 0.29) is 27.9 Å². The summed E-state index contributed by atoms with van der Waals surface area (Å²) in [4.78, 5) is 45.6. The number of ether oxygens (including phenoxy) is 4. The van der Waals surface area contributed by atoms with E-state index in [2.05, 4.69) is 4.98 Å². The maximum Gasteiger partial charge on any atom is 0.350 e. The van der Waals surface area contributed by atoms with Crippen molar-refractivity contribution in [2.75, 3.05) is 31.8 Å². The highest BCUT2D eigenvalue weighted by molar-refractivity contribution is 7.17. The highest BCUT2D eigenvalue weighted by Gasteiger charge is 2.48. The standard InChI is InChI=1S/C30H32N2O8S/c1-6-14-40-20-11-9-10-19(15-20)25(33)23-24(18-12-13-21(38-7-2)22(16-18)37-5)32(28(35)26(23)34)30-31-17(4)27(41-30)29(36)39-8-3/h9-13,15-16,24,33H,6-8,14H2,1-5H3/b25-23+. The summed E-state index contributed by atoms with van der Waals surface area (Å²) < 4.78 is 22.0. The number of hydrogen-bond donors (Lipinski definition) is 1. The number of carbonyl (C=O) groups excluding carboxylic acids is 3. The van der Waals surface area contributed by atoms with Crippen LogP contribution in [-0.2, 0) is 14.3 Å². The first-order valence-electron chi connectivity index (χ1n) is 13.2. The molecule has 1 unspecified atom stereocenters. The predicted octanol–water partition coefficient (Wildman–Crippen LogP) is 5.45. The van der Waals surface area contributed by atoms with Crippen molar-refractivity contribution in [1.82, 2.24) is 4.98 Å². The van der Waals surface area contributed by atoms with Gasteiger partial charge in [-0.25, -0.2) is 9.78 Å². The van der Waals surface area contributed by atoms with E-state index in [1.165, 1.54) is 12.0 Å². The molecule has 0 radical (unpaired) electrons. The average molecular weight is 581 g/mol. The van der Waals surface area contributed by atoms with Crippen molar-refractivity contribution in [2.24, 2.45) is 0 Å². The number of carbonyl (C=O) groups is 3. The second-order valence-corrected chi connectivity index (χ2v) is 10.00. The number of amides is 1. The summed E-state index contributed by atoms with van der Waals surface area (Å²) in [6.45, 7) is 8.18. The van der Waals surface area contributed by atoms with E-state index < -0.39 is 23.7 Å². The molecule has 1 aromatic heterocycles. The van der Waals surface area contributed by atoms with Gasteiger partial charge in [-0.3, -0.25) is 14.5 Å². The zero-order valence-electron chi connectivity index (χ0n) is 23.6. The largest absolute Gasteiger partial charge is 0.507 e.